The fraction of sp³-hybridized carbons (Fsp3) is 0.100. The Kier molecular flexibility index (Phi) is 3.00. The maximum absolute atomic E-state index is 12.3. The van der Waals surface area contributed by atoms with Gasteiger partial charge in [-0.25, -0.2) is 0 Å². The quantitative estimate of drug-likeness (QED) is 0.729. The van der Waals surface area contributed by atoms with Gasteiger partial charge in [-0.05, 0) is 24.3 Å². The second-order valence-corrected chi connectivity index (χ2v) is 2.73. The van der Waals surface area contributed by atoms with Gasteiger partial charge < -0.3 is 5.11 Å². The van der Waals surface area contributed by atoms with Gasteiger partial charge in [0, 0.05) is 11.6 Å². The first-order chi connectivity index (χ1) is 6.95. The average Bonchev–Trinajstić information content (AvgIpc) is 2.15. The fourth-order valence-electron chi connectivity index (χ4n) is 0.991. The molecule has 0 aliphatic heterocycles. The van der Waals surface area contributed by atoms with Gasteiger partial charge >= 0.3 is 6.18 Å². The van der Waals surface area contributed by atoms with Crippen LogP contribution in [0.5, 0.6) is 5.75 Å². The minimum absolute atomic E-state index is 0.0358. The second-order valence-electron chi connectivity index (χ2n) is 2.73. The summed E-state index contributed by atoms with van der Waals surface area (Å²) >= 11 is 0. The third-order valence-corrected chi connectivity index (χ3v) is 1.69. The summed E-state index contributed by atoms with van der Waals surface area (Å²) in [7, 11) is 0. The topological polar surface area (TPSA) is 44.0 Å². The van der Waals surface area contributed by atoms with Gasteiger partial charge in [0.15, 0.2) is 0 Å². The van der Waals surface area contributed by atoms with E-state index >= 15 is 0 Å². The normalized spacial score (nSPS) is 11.6. The number of allylic oxidation sites excluding steroid dienone is 1. The summed E-state index contributed by atoms with van der Waals surface area (Å²) in [5.41, 5.74) is -0.899. The molecule has 1 aromatic rings. The number of benzene rings is 1. The van der Waals surface area contributed by atoms with Gasteiger partial charge in [-0.1, -0.05) is 0 Å². The van der Waals surface area contributed by atoms with Crippen molar-refractivity contribution in [2.45, 2.75) is 6.18 Å². The highest BCUT2D eigenvalue weighted by Gasteiger charge is 2.30. The Balaban J connectivity index is 3.18. The third kappa shape index (κ3) is 2.74. The summed E-state index contributed by atoms with van der Waals surface area (Å²) < 4.78 is 36.8. The molecule has 2 nitrogen and oxygen atoms in total. The molecule has 0 unspecified atom stereocenters. The lowest BCUT2D eigenvalue weighted by Crippen LogP contribution is -2.04. The van der Waals surface area contributed by atoms with Gasteiger partial charge in [-0.2, -0.15) is 18.4 Å². The molecule has 1 aromatic carbocycles. The molecule has 0 saturated heterocycles. The summed E-state index contributed by atoms with van der Waals surface area (Å²) in [6.07, 6.45) is -2.34. The van der Waals surface area contributed by atoms with E-state index < -0.39 is 11.7 Å². The van der Waals surface area contributed by atoms with Crippen LogP contribution in [0.4, 0.5) is 13.2 Å². The minimum atomic E-state index is -4.46. The Morgan fingerprint density at radius 3 is 2.53 bits per heavy atom. The summed E-state index contributed by atoms with van der Waals surface area (Å²) in [5.74, 6) is -0.297. The molecule has 0 bridgehead atoms. The first-order valence-electron chi connectivity index (χ1n) is 3.91. The van der Waals surface area contributed by atoms with Crippen LogP contribution in [-0.4, -0.2) is 5.11 Å². The van der Waals surface area contributed by atoms with Crippen molar-refractivity contribution in [1.29, 1.82) is 5.26 Å². The van der Waals surface area contributed by atoms with Crippen LogP contribution in [-0.2, 0) is 6.18 Å². The molecular formula is C10H6F3NO. The maximum Gasteiger partial charge on any atom is 0.416 e. The lowest BCUT2D eigenvalue weighted by molar-refractivity contribution is -0.137. The van der Waals surface area contributed by atoms with E-state index in [1.807, 2.05) is 0 Å². The number of rotatable bonds is 1. The third-order valence-electron chi connectivity index (χ3n) is 1.69. The summed E-state index contributed by atoms with van der Waals surface area (Å²) in [4.78, 5) is 0. The SMILES string of the molecule is N#CC=Cc1cc(C(F)(F)F)ccc1O. The van der Waals surface area contributed by atoms with Crippen LogP contribution < -0.4 is 0 Å². The Bertz CT molecular complexity index is 429. The molecule has 0 amide bonds. The number of phenols is 1. The van der Waals surface area contributed by atoms with E-state index in [2.05, 4.69) is 0 Å². The largest absolute Gasteiger partial charge is 0.507 e. The van der Waals surface area contributed by atoms with Crippen molar-refractivity contribution in [3.63, 3.8) is 0 Å². The predicted octanol–water partition coefficient (Wildman–Crippen LogP) is 2.95. The van der Waals surface area contributed by atoms with E-state index in [1.165, 1.54) is 0 Å². The zero-order valence-corrected chi connectivity index (χ0v) is 7.42. The van der Waals surface area contributed by atoms with Gasteiger partial charge in [-0.15, -0.1) is 0 Å². The van der Waals surface area contributed by atoms with Gasteiger partial charge in [0.25, 0.3) is 0 Å². The molecule has 0 aromatic heterocycles. The lowest BCUT2D eigenvalue weighted by Gasteiger charge is -2.07. The van der Waals surface area contributed by atoms with Crippen molar-refractivity contribution >= 4 is 6.08 Å². The summed E-state index contributed by atoms with van der Waals surface area (Å²) in [6.45, 7) is 0. The van der Waals surface area contributed by atoms with Crippen LogP contribution in [0.25, 0.3) is 6.08 Å². The van der Waals surface area contributed by atoms with E-state index in [1.54, 1.807) is 6.07 Å². The molecule has 0 heterocycles. The minimum Gasteiger partial charge on any atom is -0.507 e. The van der Waals surface area contributed by atoms with E-state index in [9.17, 15) is 18.3 Å². The Labute approximate surface area is 83.9 Å². The van der Waals surface area contributed by atoms with Crippen molar-refractivity contribution in [3.05, 3.63) is 35.4 Å². The number of alkyl halides is 3. The van der Waals surface area contributed by atoms with Crippen molar-refractivity contribution in [3.8, 4) is 11.8 Å². The van der Waals surface area contributed by atoms with Crippen LogP contribution in [0.1, 0.15) is 11.1 Å². The number of hydrogen-bond donors (Lipinski definition) is 1. The van der Waals surface area contributed by atoms with Gasteiger partial charge in [0.1, 0.15) is 5.75 Å². The average molecular weight is 213 g/mol. The number of hydrogen-bond acceptors (Lipinski definition) is 2. The highest BCUT2D eigenvalue weighted by molar-refractivity contribution is 5.59. The van der Waals surface area contributed by atoms with Crippen molar-refractivity contribution in [1.82, 2.24) is 0 Å². The molecule has 0 aliphatic carbocycles. The molecule has 0 aliphatic rings. The maximum atomic E-state index is 12.3. The zero-order chi connectivity index (χ0) is 11.5. The number of halogens is 3. The smallest absolute Gasteiger partial charge is 0.416 e. The monoisotopic (exact) mass is 213 g/mol. The Hall–Kier alpha value is -1.96. The van der Waals surface area contributed by atoms with Gasteiger partial charge in [0.2, 0.25) is 0 Å². The Morgan fingerprint density at radius 1 is 1.33 bits per heavy atom. The van der Waals surface area contributed by atoms with Crippen LogP contribution >= 0.6 is 0 Å². The highest BCUT2D eigenvalue weighted by Crippen LogP contribution is 2.32. The first-order valence-corrected chi connectivity index (χ1v) is 3.91. The molecule has 5 heteroatoms. The molecule has 1 rings (SSSR count). The first kappa shape index (κ1) is 11.1. The van der Waals surface area contributed by atoms with E-state index in [-0.39, 0.29) is 11.3 Å². The molecule has 15 heavy (non-hydrogen) atoms. The summed E-state index contributed by atoms with van der Waals surface area (Å²) in [5, 5.41) is 17.4. The number of nitriles is 1. The van der Waals surface area contributed by atoms with Crippen molar-refractivity contribution < 1.29 is 18.3 Å². The fourth-order valence-corrected chi connectivity index (χ4v) is 0.991. The van der Waals surface area contributed by atoms with E-state index in [4.69, 9.17) is 5.26 Å². The predicted molar refractivity (Wildman–Crippen MR) is 47.8 cm³/mol. The molecule has 0 saturated carbocycles. The number of phenolic OH excluding ortho intramolecular Hbond substituents is 1. The van der Waals surface area contributed by atoms with E-state index in [0.717, 1.165) is 30.4 Å². The second kappa shape index (κ2) is 4.05. The molecule has 78 valence electrons. The lowest BCUT2D eigenvalue weighted by atomic mass is 10.1. The molecule has 1 N–H and O–H groups in total. The standard InChI is InChI=1S/C10H6F3NO/c11-10(12,13)8-3-4-9(15)7(6-8)2-1-5-14/h1-4,6,15H. The van der Waals surface area contributed by atoms with Crippen molar-refractivity contribution in [2.75, 3.05) is 0 Å². The van der Waals surface area contributed by atoms with Crippen LogP contribution in [0.2, 0.25) is 0 Å². The zero-order valence-electron chi connectivity index (χ0n) is 7.42. The molecule has 0 spiro atoms. The number of aromatic hydroxyl groups is 1. The van der Waals surface area contributed by atoms with E-state index in [0.29, 0.717) is 0 Å². The molecule has 0 radical (unpaired) electrons. The Morgan fingerprint density at radius 2 is 2.00 bits per heavy atom. The molecule has 0 atom stereocenters. The van der Waals surface area contributed by atoms with Crippen LogP contribution in [0, 0.1) is 11.3 Å². The van der Waals surface area contributed by atoms with Crippen LogP contribution in [0.3, 0.4) is 0 Å². The highest BCUT2D eigenvalue weighted by atomic mass is 19.4. The summed E-state index contributed by atoms with van der Waals surface area (Å²) in [6, 6.07) is 4.13. The van der Waals surface area contributed by atoms with Crippen LogP contribution in [0.15, 0.2) is 24.3 Å². The van der Waals surface area contributed by atoms with Gasteiger partial charge in [-0.3, -0.25) is 0 Å². The number of nitrogens with zero attached hydrogens (tertiary/aromatic N) is 1. The van der Waals surface area contributed by atoms with Gasteiger partial charge in [0.05, 0.1) is 11.6 Å². The molecule has 0 fully saturated rings. The van der Waals surface area contributed by atoms with Crippen molar-refractivity contribution in [2.24, 2.45) is 0 Å². The molecular weight excluding hydrogens is 207 g/mol.